The number of aromatic nitrogens is 3. The lowest BCUT2D eigenvalue weighted by atomic mass is 10.2. The minimum absolute atomic E-state index is 0.564. The average Bonchev–Trinajstić information content (AvgIpc) is 2.93. The number of nitrogens with one attached hydrogen (secondary N) is 1. The molecule has 1 N–H and O–H groups in total. The highest BCUT2D eigenvalue weighted by molar-refractivity contribution is 5.73. The smallest absolute Gasteiger partial charge is 0.123 e. The summed E-state index contributed by atoms with van der Waals surface area (Å²) in [5, 5.41) is 11.4. The number of benzene rings is 2. The fraction of sp³-hybridized carbons (Fsp3) is 0.250. The zero-order valence-corrected chi connectivity index (χ0v) is 12.0. The number of hydrogen-bond acceptors (Lipinski definition) is 4. The molecule has 0 fully saturated rings. The Morgan fingerprint density at radius 2 is 1.90 bits per heavy atom. The molecule has 0 spiro atoms. The van der Waals surface area contributed by atoms with E-state index in [0.29, 0.717) is 13.2 Å². The second kappa shape index (κ2) is 6.37. The van der Waals surface area contributed by atoms with Gasteiger partial charge in [-0.2, -0.15) is 0 Å². The zero-order chi connectivity index (χ0) is 14.5. The molecule has 0 unspecified atom stereocenters. The second-order valence-corrected chi connectivity index (χ2v) is 4.79. The van der Waals surface area contributed by atoms with E-state index in [1.54, 1.807) is 0 Å². The first-order chi connectivity index (χ1) is 10.4. The molecule has 0 amide bonds. The van der Waals surface area contributed by atoms with E-state index >= 15 is 0 Å². The predicted molar refractivity (Wildman–Crippen MR) is 82.2 cm³/mol. The van der Waals surface area contributed by atoms with Gasteiger partial charge in [0.05, 0.1) is 12.1 Å². The van der Waals surface area contributed by atoms with Gasteiger partial charge in [0.1, 0.15) is 17.9 Å². The quantitative estimate of drug-likeness (QED) is 0.753. The van der Waals surface area contributed by atoms with Gasteiger partial charge in [0.15, 0.2) is 0 Å². The lowest BCUT2D eigenvalue weighted by Gasteiger charge is -2.11. The Labute approximate surface area is 123 Å². The molecule has 21 heavy (non-hydrogen) atoms. The number of fused-ring (bicyclic) bond motifs is 1. The van der Waals surface area contributed by atoms with Gasteiger partial charge in [-0.25, -0.2) is 4.68 Å². The summed E-state index contributed by atoms with van der Waals surface area (Å²) in [6.45, 7) is 2.03. The largest absolute Gasteiger partial charge is 0.491 e. The summed E-state index contributed by atoms with van der Waals surface area (Å²) >= 11 is 0. The second-order valence-electron chi connectivity index (χ2n) is 4.79. The summed E-state index contributed by atoms with van der Waals surface area (Å²) in [6, 6.07) is 16.0. The van der Waals surface area contributed by atoms with E-state index in [1.165, 1.54) is 0 Å². The minimum atomic E-state index is 0.564. The Hall–Kier alpha value is -2.40. The van der Waals surface area contributed by atoms with Crippen molar-refractivity contribution >= 4 is 11.0 Å². The molecule has 3 rings (SSSR count). The highest BCUT2D eigenvalue weighted by Gasteiger charge is 2.05. The van der Waals surface area contributed by atoms with E-state index in [2.05, 4.69) is 21.7 Å². The molecular weight excluding hydrogens is 264 g/mol. The van der Waals surface area contributed by atoms with Crippen LogP contribution in [0.2, 0.25) is 0 Å². The molecule has 0 aliphatic carbocycles. The molecule has 0 bridgehead atoms. The van der Waals surface area contributed by atoms with Crippen molar-refractivity contribution in [1.29, 1.82) is 0 Å². The van der Waals surface area contributed by atoms with Crippen LogP contribution in [0.3, 0.4) is 0 Å². The minimum Gasteiger partial charge on any atom is -0.491 e. The van der Waals surface area contributed by atoms with Gasteiger partial charge in [-0.1, -0.05) is 35.5 Å². The third-order valence-corrected chi connectivity index (χ3v) is 3.32. The van der Waals surface area contributed by atoms with Gasteiger partial charge in [0, 0.05) is 12.1 Å². The highest BCUT2D eigenvalue weighted by Crippen LogP contribution is 2.17. The zero-order valence-electron chi connectivity index (χ0n) is 12.0. The molecule has 0 radical (unpaired) electrons. The number of hydrogen-bond donors (Lipinski definition) is 1. The first kappa shape index (κ1) is 13.6. The maximum absolute atomic E-state index is 5.88. The molecule has 0 saturated carbocycles. The van der Waals surface area contributed by atoms with Gasteiger partial charge in [-0.3, -0.25) is 0 Å². The standard InChI is InChI=1S/C16H18N4O/c1-17-12-13-6-2-5-9-16(13)21-11-10-20-15-8-4-3-7-14(15)18-19-20/h2-9,17H,10-12H2,1H3. The molecule has 5 nitrogen and oxygen atoms in total. The normalized spacial score (nSPS) is 10.9. The molecule has 3 aromatic rings. The van der Waals surface area contributed by atoms with Crippen LogP contribution in [0.4, 0.5) is 0 Å². The van der Waals surface area contributed by atoms with Gasteiger partial charge in [-0.15, -0.1) is 5.10 Å². The Balaban J connectivity index is 1.66. The van der Waals surface area contributed by atoms with Crippen LogP contribution >= 0.6 is 0 Å². The summed E-state index contributed by atoms with van der Waals surface area (Å²) in [6.07, 6.45) is 0. The summed E-state index contributed by atoms with van der Waals surface area (Å²) in [7, 11) is 1.93. The van der Waals surface area contributed by atoms with Crippen LogP contribution in [-0.4, -0.2) is 28.6 Å². The van der Waals surface area contributed by atoms with Crippen molar-refractivity contribution in [1.82, 2.24) is 20.3 Å². The first-order valence-electron chi connectivity index (χ1n) is 7.02. The fourth-order valence-electron chi connectivity index (χ4n) is 2.31. The van der Waals surface area contributed by atoms with Crippen molar-refractivity contribution in [3.8, 4) is 5.75 Å². The van der Waals surface area contributed by atoms with Gasteiger partial charge >= 0.3 is 0 Å². The van der Waals surface area contributed by atoms with E-state index in [9.17, 15) is 0 Å². The molecule has 108 valence electrons. The number of ether oxygens (including phenoxy) is 1. The Morgan fingerprint density at radius 3 is 2.81 bits per heavy atom. The lowest BCUT2D eigenvalue weighted by Crippen LogP contribution is -2.12. The van der Waals surface area contributed by atoms with Crippen LogP contribution < -0.4 is 10.1 Å². The van der Waals surface area contributed by atoms with Crippen molar-refractivity contribution < 1.29 is 4.74 Å². The van der Waals surface area contributed by atoms with E-state index < -0.39 is 0 Å². The molecule has 2 aromatic carbocycles. The summed E-state index contributed by atoms with van der Waals surface area (Å²) in [5.41, 5.74) is 3.10. The Bertz CT molecular complexity index is 723. The van der Waals surface area contributed by atoms with Crippen LogP contribution in [0, 0.1) is 0 Å². The molecule has 1 heterocycles. The van der Waals surface area contributed by atoms with E-state index in [-0.39, 0.29) is 0 Å². The third-order valence-electron chi connectivity index (χ3n) is 3.32. The van der Waals surface area contributed by atoms with E-state index in [0.717, 1.165) is 28.9 Å². The molecule has 0 atom stereocenters. The fourth-order valence-corrected chi connectivity index (χ4v) is 2.31. The van der Waals surface area contributed by atoms with Gasteiger partial charge in [-0.05, 0) is 25.2 Å². The Kier molecular flexibility index (Phi) is 4.12. The van der Waals surface area contributed by atoms with Crippen molar-refractivity contribution in [2.45, 2.75) is 13.1 Å². The highest BCUT2D eigenvalue weighted by atomic mass is 16.5. The van der Waals surface area contributed by atoms with Crippen LogP contribution in [-0.2, 0) is 13.1 Å². The van der Waals surface area contributed by atoms with Gasteiger partial charge in [0.2, 0.25) is 0 Å². The Morgan fingerprint density at radius 1 is 1.10 bits per heavy atom. The average molecular weight is 282 g/mol. The van der Waals surface area contributed by atoms with Crippen LogP contribution in [0.5, 0.6) is 5.75 Å². The first-order valence-corrected chi connectivity index (χ1v) is 7.02. The van der Waals surface area contributed by atoms with E-state index in [4.69, 9.17) is 4.74 Å². The van der Waals surface area contributed by atoms with Crippen LogP contribution in [0.1, 0.15) is 5.56 Å². The van der Waals surface area contributed by atoms with Crippen LogP contribution in [0.25, 0.3) is 11.0 Å². The van der Waals surface area contributed by atoms with E-state index in [1.807, 2.05) is 54.2 Å². The van der Waals surface area contributed by atoms with Crippen molar-refractivity contribution in [2.24, 2.45) is 0 Å². The molecule has 0 aliphatic rings. The van der Waals surface area contributed by atoms with Crippen molar-refractivity contribution in [3.63, 3.8) is 0 Å². The maximum Gasteiger partial charge on any atom is 0.123 e. The predicted octanol–water partition coefficient (Wildman–Crippen LogP) is 2.23. The molecule has 5 heteroatoms. The van der Waals surface area contributed by atoms with Crippen LogP contribution in [0.15, 0.2) is 48.5 Å². The molecule has 0 aliphatic heterocycles. The van der Waals surface area contributed by atoms with Crippen molar-refractivity contribution in [2.75, 3.05) is 13.7 Å². The summed E-state index contributed by atoms with van der Waals surface area (Å²) in [5.74, 6) is 0.913. The van der Waals surface area contributed by atoms with Gasteiger partial charge < -0.3 is 10.1 Å². The lowest BCUT2D eigenvalue weighted by molar-refractivity contribution is 0.289. The maximum atomic E-state index is 5.88. The van der Waals surface area contributed by atoms with Crippen molar-refractivity contribution in [3.05, 3.63) is 54.1 Å². The molecular formula is C16H18N4O. The number of para-hydroxylation sites is 2. The SMILES string of the molecule is CNCc1ccccc1OCCn1nnc2ccccc21. The third kappa shape index (κ3) is 3.03. The number of rotatable bonds is 6. The summed E-state index contributed by atoms with van der Waals surface area (Å²) in [4.78, 5) is 0. The molecule has 0 saturated heterocycles. The summed E-state index contributed by atoms with van der Waals surface area (Å²) < 4.78 is 7.75. The topological polar surface area (TPSA) is 52.0 Å². The monoisotopic (exact) mass is 282 g/mol. The molecule has 1 aromatic heterocycles. The van der Waals surface area contributed by atoms with Gasteiger partial charge in [0.25, 0.3) is 0 Å². The number of nitrogens with zero attached hydrogens (tertiary/aromatic N) is 3.